The Morgan fingerprint density at radius 1 is 1.20 bits per heavy atom. The van der Waals surface area contributed by atoms with Gasteiger partial charge in [-0.1, -0.05) is 13.8 Å². The Balaban J connectivity index is 2.65. The van der Waals surface area contributed by atoms with Crippen molar-refractivity contribution >= 4 is 10.0 Å². The zero-order chi connectivity index (χ0) is 15.3. The second-order valence-corrected chi connectivity index (χ2v) is 7.16. The van der Waals surface area contributed by atoms with Crippen LogP contribution in [0.4, 0.5) is 8.78 Å². The molecule has 114 valence electrons. The first-order valence-electron chi connectivity index (χ1n) is 6.38. The smallest absolute Gasteiger partial charge is 0.215 e. The van der Waals surface area contributed by atoms with Crippen LogP contribution in [0.1, 0.15) is 26.3 Å². The fraction of sp³-hybridized carbons (Fsp3) is 0.538. The Labute approximate surface area is 118 Å². The maximum Gasteiger partial charge on any atom is 0.215 e. The highest BCUT2D eigenvalue weighted by molar-refractivity contribution is 7.90. The van der Waals surface area contributed by atoms with Crippen molar-refractivity contribution in [3.05, 3.63) is 35.4 Å². The Kier molecular flexibility index (Phi) is 6.04. The topological polar surface area (TPSA) is 58.2 Å². The van der Waals surface area contributed by atoms with Crippen LogP contribution in [0.15, 0.2) is 18.2 Å². The number of nitrogens with one attached hydrogen (secondary N) is 2. The third kappa shape index (κ3) is 5.15. The predicted molar refractivity (Wildman–Crippen MR) is 74.7 cm³/mol. The molecule has 0 spiro atoms. The highest BCUT2D eigenvalue weighted by Gasteiger charge is 2.20. The van der Waals surface area contributed by atoms with Gasteiger partial charge in [0.25, 0.3) is 0 Å². The van der Waals surface area contributed by atoms with E-state index in [2.05, 4.69) is 10.0 Å². The van der Waals surface area contributed by atoms with Gasteiger partial charge in [-0.3, -0.25) is 0 Å². The number of hydrogen-bond donors (Lipinski definition) is 2. The molecule has 2 N–H and O–H groups in total. The lowest BCUT2D eigenvalue weighted by Gasteiger charge is -2.16. The van der Waals surface area contributed by atoms with Gasteiger partial charge >= 0.3 is 0 Å². The molecule has 1 unspecified atom stereocenters. The summed E-state index contributed by atoms with van der Waals surface area (Å²) < 4.78 is 52.6. The van der Waals surface area contributed by atoms with E-state index >= 15 is 0 Å². The quantitative estimate of drug-likeness (QED) is 0.807. The first-order valence-corrected chi connectivity index (χ1v) is 7.93. The number of benzene rings is 1. The monoisotopic (exact) mass is 306 g/mol. The molecule has 1 rings (SSSR count). The molecular weight excluding hydrogens is 286 g/mol. The van der Waals surface area contributed by atoms with Gasteiger partial charge in [0.15, 0.2) is 0 Å². The zero-order valence-corrected chi connectivity index (χ0v) is 12.6. The summed E-state index contributed by atoms with van der Waals surface area (Å²) in [4.78, 5) is 0. The summed E-state index contributed by atoms with van der Waals surface area (Å²) in [7, 11) is -3.59. The minimum Gasteiger partial charge on any atom is -0.313 e. The number of sulfonamides is 1. The summed E-state index contributed by atoms with van der Waals surface area (Å²) in [6, 6.07) is 3.12. The molecule has 0 amide bonds. The van der Waals surface area contributed by atoms with Crippen LogP contribution < -0.4 is 10.0 Å². The Bertz CT molecular complexity index is 547. The lowest BCUT2D eigenvalue weighted by molar-refractivity contribution is 0.537. The summed E-state index contributed by atoms with van der Waals surface area (Å²) in [6.07, 6.45) is 0. The number of halogens is 2. The van der Waals surface area contributed by atoms with Crippen LogP contribution in [0.2, 0.25) is 0 Å². The Morgan fingerprint density at radius 2 is 1.85 bits per heavy atom. The molecule has 0 aliphatic carbocycles. The van der Waals surface area contributed by atoms with E-state index in [0.29, 0.717) is 6.54 Å². The maximum atomic E-state index is 13.4. The summed E-state index contributed by atoms with van der Waals surface area (Å²) in [5.74, 6) is -1.24. The first-order chi connectivity index (χ1) is 9.22. The minimum atomic E-state index is -3.59. The molecule has 1 atom stereocenters. The van der Waals surface area contributed by atoms with E-state index in [1.54, 1.807) is 6.92 Å². The molecule has 4 nitrogen and oxygen atoms in total. The van der Waals surface area contributed by atoms with Gasteiger partial charge in [0.1, 0.15) is 11.6 Å². The van der Waals surface area contributed by atoms with E-state index in [1.165, 1.54) is 0 Å². The normalized spacial score (nSPS) is 13.7. The van der Waals surface area contributed by atoms with Crippen molar-refractivity contribution in [3.8, 4) is 0 Å². The molecule has 7 heteroatoms. The molecule has 0 bridgehead atoms. The van der Waals surface area contributed by atoms with E-state index in [0.717, 1.165) is 18.2 Å². The van der Waals surface area contributed by atoms with Gasteiger partial charge in [-0.25, -0.2) is 21.9 Å². The van der Waals surface area contributed by atoms with Crippen LogP contribution in [0.3, 0.4) is 0 Å². The van der Waals surface area contributed by atoms with Gasteiger partial charge in [0.05, 0.1) is 5.25 Å². The van der Waals surface area contributed by atoms with E-state index < -0.39 is 26.9 Å². The molecule has 0 heterocycles. The second-order valence-electron chi connectivity index (χ2n) is 4.98. The largest absolute Gasteiger partial charge is 0.313 e. The van der Waals surface area contributed by atoms with Crippen molar-refractivity contribution in [1.29, 1.82) is 0 Å². The third-order valence-electron chi connectivity index (χ3n) is 2.81. The fourth-order valence-electron chi connectivity index (χ4n) is 1.51. The summed E-state index contributed by atoms with van der Waals surface area (Å²) in [6.45, 7) is 5.40. The molecule has 0 saturated heterocycles. The van der Waals surface area contributed by atoms with Crippen LogP contribution in [0.25, 0.3) is 0 Å². The van der Waals surface area contributed by atoms with E-state index in [9.17, 15) is 17.2 Å². The summed E-state index contributed by atoms with van der Waals surface area (Å²) in [5.41, 5.74) is -0.0161. The molecule has 0 saturated carbocycles. The SMILES string of the molecule is CC(C)NCC(C)S(=O)(=O)NCc1cc(F)ccc1F. The maximum absolute atomic E-state index is 13.4. The molecule has 0 fully saturated rings. The van der Waals surface area contributed by atoms with Gasteiger partial charge in [0.2, 0.25) is 10.0 Å². The van der Waals surface area contributed by atoms with Gasteiger partial charge in [-0.15, -0.1) is 0 Å². The lowest BCUT2D eigenvalue weighted by Crippen LogP contribution is -2.40. The van der Waals surface area contributed by atoms with Gasteiger partial charge in [-0.2, -0.15) is 0 Å². The summed E-state index contributed by atoms with van der Waals surface area (Å²) in [5, 5.41) is 2.35. The molecule has 1 aromatic rings. The van der Waals surface area contributed by atoms with Crippen LogP contribution >= 0.6 is 0 Å². The fourth-order valence-corrected chi connectivity index (χ4v) is 2.47. The van der Waals surface area contributed by atoms with Crippen LogP contribution in [-0.4, -0.2) is 26.3 Å². The number of rotatable bonds is 7. The lowest BCUT2D eigenvalue weighted by atomic mass is 10.2. The van der Waals surface area contributed by atoms with Crippen molar-refractivity contribution < 1.29 is 17.2 Å². The third-order valence-corrected chi connectivity index (χ3v) is 4.59. The van der Waals surface area contributed by atoms with Crippen LogP contribution in [0, 0.1) is 11.6 Å². The zero-order valence-electron chi connectivity index (χ0n) is 11.8. The Morgan fingerprint density at radius 3 is 2.45 bits per heavy atom. The van der Waals surface area contributed by atoms with Crippen molar-refractivity contribution in [1.82, 2.24) is 10.0 Å². The average Bonchev–Trinajstić information content (AvgIpc) is 2.37. The Hall–Kier alpha value is -1.05. The van der Waals surface area contributed by atoms with Crippen LogP contribution in [-0.2, 0) is 16.6 Å². The second kappa shape index (κ2) is 7.10. The molecular formula is C13H20F2N2O2S. The van der Waals surface area contributed by atoms with E-state index in [4.69, 9.17) is 0 Å². The van der Waals surface area contributed by atoms with Gasteiger partial charge < -0.3 is 5.32 Å². The number of hydrogen-bond acceptors (Lipinski definition) is 3. The van der Waals surface area contributed by atoms with Gasteiger partial charge in [0, 0.05) is 24.7 Å². The van der Waals surface area contributed by atoms with Crippen molar-refractivity contribution in [2.24, 2.45) is 0 Å². The van der Waals surface area contributed by atoms with E-state index in [-0.39, 0.29) is 18.2 Å². The molecule has 1 aromatic carbocycles. The average molecular weight is 306 g/mol. The van der Waals surface area contributed by atoms with Crippen molar-refractivity contribution in [2.45, 2.75) is 38.6 Å². The standard InChI is InChI=1S/C13H20F2N2O2S/c1-9(2)16-7-10(3)20(18,19)17-8-11-6-12(14)4-5-13(11)15/h4-6,9-10,16-17H,7-8H2,1-3H3. The van der Waals surface area contributed by atoms with Crippen molar-refractivity contribution in [2.75, 3.05) is 6.54 Å². The van der Waals surface area contributed by atoms with Crippen molar-refractivity contribution in [3.63, 3.8) is 0 Å². The molecule has 0 aromatic heterocycles. The molecule has 0 radical (unpaired) electrons. The highest BCUT2D eigenvalue weighted by atomic mass is 32.2. The van der Waals surface area contributed by atoms with Gasteiger partial charge in [-0.05, 0) is 25.1 Å². The first kappa shape index (κ1) is 17.0. The molecule has 0 aliphatic rings. The molecule has 0 aliphatic heterocycles. The summed E-state index contributed by atoms with van der Waals surface area (Å²) >= 11 is 0. The predicted octanol–water partition coefficient (Wildman–Crippen LogP) is 1.77. The highest BCUT2D eigenvalue weighted by Crippen LogP contribution is 2.10. The minimum absolute atomic E-state index is 0.0161. The van der Waals surface area contributed by atoms with Crippen LogP contribution in [0.5, 0.6) is 0 Å². The van der Waals surface area contributed by atoms with E-state index in [1.807, 2.05) is 13.8 Å². The molecule has 20 heavy (non-hydrogen) atoms.